The molecule has 0 aromatic heterocycles. The SMILES string of the molecule is CCCCCCC/C=C\C/C=C\CCCCCCCCCCCCCC(=O)NC(COP(=O)(O)OCC[N+](C)(C)C)C(O)/C=C/CCCCCCCCCCCCCCCCCCC. The van der Waals surface area contributed by atoms with E-state index >= 15 is 0 Å². The third kappa shape index (κ3) is 48.6. The maximum absolute atomic E-state index is 13.0. The van der Waals surface area contributed by atoms with Crippen molar-refractivity contribution in [1.82, 2.24) is 5.32 Å². The van der Waals surface area contributed by atoms with Gasteiger partial charge in [-0.25, -0.2) is 4.57 Å². The Labute approximate surface area is 397 Å². The quantitative estimate of drug-likeness (QED) is 0.0243. The number of likely N-dealkylation sites (N-methyl/N-ethyl adjacent to an activating group) is 1. The topological polar surface area (TPSA) is 105 Å². The molecule has 0 spiro atoms. The molecule has 3 N–H and O–H groups in total. The van der Waals surface area contributed by atoms with E-state index in [2.05, 4.69) is 43.5 Å². The minimum absolute atomic E-state index is 0.0616. The van der Waals surface area contributed by atoms with E-state index < -0.39 is 20.0 Å². The van der Waals surface area contributed by atoms with Crippen LogP contribution in [0.3, 0.4) is 0 Å². The van der Waals surface area contributed by atoms with Gasteiger partial charge in [0.15, 0.2) is 0 Å². The molecule has 0 radical (unpaired) electrons. The minimum atomic E-state index is -4.34. The zero-order valence-electron chi connectivity index (χ0n) is 43.0. The third-order valence-electron chi connectivity index (χ3n) is 12.4. The smallest absolute Gasteiger partial charge is 0.387 e. The van der Waals surface area contributed by atoms with Crippen molar-refractivity contribution in [3.63, 3.8) is 0 Å². The van der Waals surface area contributed by atoms with E-state index in [1.165, 1.54) is 193 Å². The lowest BCUT2D eigenvalue weighted by molar-refractivity contribution is -0.870. The highest BCUT2D eigenvalue weighted by Crippen LogP contribution is 2.43. The van der Waals surface area contributed by atoms with Crippen molar-refractivity contribution in [3.8, 4) is 0 Å². The van der Waals surface area contributed by atoms with Gasteiger partial charge in [-0.2, -0.15) is 0 Å². The lowest BCUT2D eigenvalue weighted by atomic mass is 10.0. The number of phosphoric ester groups is 1. The first-order valence-electron chi connectivity index (χ1n) is 27.4. The molecule has 0 fully saturated rings. The molecule has 0 aromatic carbocycles. The van der Waals surface area contributed by atoms with Crippen LogP contribution >= 0.6 is 7.82 Å². The molecule has 0 bridgehead atoms. The predicted molar refractivity (Wildman–Crippen MR) is 277 cm³/mol. The zero-order chi connectivity index (χ0) is 47.1. The van der Waals surface area contributed by atoms with Crippen molar-refractivity contribution < 1.29 is 32.9 Å². The number of allylic oxidation sites excluding steroid dienone is 5. The Morgan fingerprint density at radius 1 is 0.531 bits per heavy atom. The molecular formula is C55H108N2O6P+. The first kappa shape index (κ1) is 62.7. The van der Waals surface area contributed by atoms with E-state index in [9.17, 15) is 19.4 Å². The molecular weight excluding hydrogens is 816 g/mol. The molecule has 0 heterocycles. The average molecular weight is 924 g/mol. The molecule has 0 aromatic rings. The van der Waals surface area contributed by atoms with Crippen LogP contribution in [0, 0.1) is 0 Å². The van der Waals surface area contributed by atoms with Gasteiger partial charge in [-0.05, 0) is 51.4 Å². The van der Waals surface area contributed by atoms with Crippen molar-refractivity contribution in [2.45, 2.75) is 270 Å². The van der Waals surface area contributed by atoms with Crippen LogP contribution in [0.2, 0.25) is 0 Å². The Morgan fingerprint density at radius 3 is 1.28 bits per heavy atom. The number of quaternary nitrogens is 1. The number of amides is 1. The Morgan fingerprint density at radius 2 is 0.891 bits per heavy atom. The second-order valence-corrected chi connectivity index (χ2v) is 21.4. The summed E-state index contributed by atoms with van der Waals surface area (Å²) < 4.78 is 23.7. The van der Waals surface area contributed by atoms with E-state index in [1.54, 1.807) is 6.08 Å². The third-order valence-corrected chi connectivity index (χ3v) is 13.3. The highest BCUT2D eigenvalue weighted by Gasteiger charge is 2.27. The van der Waals surface area contributed by atoms with Crippen LogP contribution in [0.4, 0.5) is 0 Å². The number of phosphoric acid groups is 1. The van der Waals surface area contributed by atoms with E-state index in [-0.39, 0.29) is 19.1 Å². The molecule has 1 amide bonds. The molecule has 9 heteroatoms. The number of unbranched alkanes of at least 4 members (excludes halogenated alkanes) is 33. The molecule has 378 valence electrons. The van der Waals surface area contributed by atoms with Gasteiger partial charge in [0.1, 0.15) is 13.2 Å². The van der Waals surface area contributed by atoms with E-state index in [0.717, 1.165) is 44.9 Å². The summed E-state index contributed by atoms with van der Waals surface area (Å²) in [6.45, 7) is 4.83. The van der Waals surface area contributed by atoms with Crippen molar-refractivity contribution >= 4 is 13.7 Å². The molecule has 8 nitrogen and oxygen atoms in total. The van der Waals surface area contributed by atoms with Gasteiger partial charge < -0.3 is 19.8 Å². The Hall–Kier alpha value is -1.28. The zero-order valence-corrected chi connectivity index (χ0v) is 43.9. The maximum atomic E-state index is 13.0. The highest BCUT2D eigenvalue weighted by molar-refractivity contribution is 7.47. The van der Waals surface area contributed by atoms with Crippen LogP contribution in [-0.4, -0.2) is 73.4 Å². The summed E-state index contributed by atoms with van der Waals surface area (Å²) in [5.74, 6) is -0.177. The first-order valence-corrected chi connectivity index (χ1v) is 28.9. The summed E-state index contributed by atoms with van der Waals surface area (Å²) >= 11 is 0. The second kappa shape index (κ2) is 46.8. The number of hydrogen-bond acceptors (Lipinski definition) is 5. The summed E-state index contributed by atoms with van der Waals surface area (Å²) in [6.07, 6.45) is 59.4. The molecule has 0 aliphatic rings. The fraction of sp³-hybridized carbons (Fsp3) is 0.873. The lowest BCUT2D eigenvalue weighted by Gasteiger charge is -2.25. The highest BCUT2D eigenvalue weighted by atomic mass is 31.2. The van der Waals surface area contributed by atoms with Crippen LogP contribution in [0.25, 0.3) is 0 Å². The van der Waals surface area contributed by atoms with Crippen LogP contribution in [0.5, 0.6) is 0 Å². The van der Waals surface area contributed by atoms with E-state index in [4.69, 9.17) is 9.05 Å². The molecule has 0 aliphatic heterocycles. The van der Waals surface area contributed by atoms with Crippen LogP contribution in [0.15, 0.2) is 36.5 Å². The molecule has 0 saturated carbocycles. The summed E-state index contributed by atoms with van der Waals surface area (Å²) in [7, 11) is 1.58. The second-order valence-electron chi connectivity index (χ2n) is 20.0. The number of rotatable bonds is 50. The van der Waals surface area contributed by atoms with E-state index in [0.29, 0.717) is 17.4 Å². The van der Waals surface area contributed by atoms with Crippen LogP contribution in [0.1, 0.15) is 258 Å². The summed E-state index contributed by atoms with van der Waals surface area (Å²) in [6, 6.07) is -0.847. The fourth-order valence-electron chi connectivity index (χ4n) is 8.01. The van der Waals surface area contributed by atoms with Crippen molar-refractivity contribution in [2.24, 2.45) is 0 Å². The van der Waals surface area contributed by atoms with Gasteiger partial charge in [0.25, 0.3) is 0 Å². The predicted octanol–water partition coefficient (Wildman–Crippen LogP) is 16.2. The maximum Gasteiger partial charge on any atom is 0.472 e. The normalized spacial score (nSPS) is 14.3. The molecule has 0 saturated heterocycles. The van der Waals surface area contributed by atoms with E-state index in [1.807, 2.05) is 27.2 Å². The van der Waals surface area contributed by atoms with Gasteiger partial charge in [0.2, 0.25) is 5.91 Å². The van der Waals surface area contributed by atoms with Gasteiger partial charge in [-0.1, -0.05) is 237 Å². The van der Waals surface area contributed by atoms with Crippen LogP contribution < -0.4 is 5.32 Å². The number of aliphatic hydroxyl groups excluding tert-OH is 1. The number of aliphatic hydroxyl groups is 1. The first-order chi connectivity index (χ1) is 31.0. The van der Waals surface area contributed by atoms with Crippen molar-refractivity contribution in [2.75, 3.05) is 40.9 Å². The minimum Gasteiger partial charge on any atom is -0.387 e. The Kier molecular flexibility index (Phi) is 45.9. The Balaban J connectivity index is 4.25. The van der Waals surface area contributed by atoms with Crippen LogP contribution in [-0.2, 0) is 18.4 Å². The van der Waals surface area contributed by atoms with Gasteiger partial charge >= 0.3 is 7.82 Å². The average Bonchev–Trinajstić information content (AvgIpc) is 3.25. The van der Waals surface area contributed by atoms with Gasteiger partial charge in [-0.15, -0.1) is 0 Å². The standard InChI is InChI=1S/C55H107N2O6P/c1-6-8-10-12-14-16-18-20-22-24-26-27-28-29-31-33-35-37-39-41-43-45-47-49-55(59)56-53(52-63-64(60,61)62-51-50-57(3,4)5)54(58)48-46-44-42-40-38-36-34-32-30-25-23-21-19-17-15-13-11-9-7-2/h18,20,24,26,46,48,53-54,58H,6-17,19,21-23,25,27-45,47,49-52H2,1-5H3,(H-,56,59,60,61)/p+1/b20-18-,26-24-,48-46+. The summed E-state index contributed by atoms with van der Waals surface area (Å²) in [4.78, 5) is 23.3. The lowest BCUT2D eigenvalue weighted by Crippen LogP contribution is -2.45. The number of carbonyl (C=O) groups is 1. The van der Waals surface area contributed by atoms with Gasteiger partial charge in [0, 0.05) is 6.42 Å². The number of nitrogens with zero attached hydrogens (tertiary/aromatic N) is 1. The number of hydrogen-bond donors (Lipinski definition) is 3. The van der Waals surface area contributed by atoms with Crippen molar-refractivity contribution in [3.05, 3.63) is 36.5 Å². The van der Waals surface area contributed by atoms with Gasteiger partial charge in [-0.3, -0.25) is 13.8 Å². The Bertz CT molecular complexity index is 1140. The number of nitrogens with one attached hydrogen (secondary N) is 1. The molecule has 64 heavy (non-hydrogen) atoms. The molecule has 0 aliphatic carbocycles. The van der Waals surface area contributed by atoms with Gasteiger partial charge in [0.05, 0.1) is 39.9 Å². The largest absolute Gasteiger partial charge is 0.472 e. The molecule has 3 atom stereocenters. The summed E-state index contributed by atoms with van der Waals surface area (Å²) in [5, 5.41) is 13.9. The fourth-order valence-corrected chi connectivity index (χ4v) is 8.75. The molecule has 0 rings (SSSR count). The summed E-state index contributed by atoms with van der Waals surface area (Å²) in [5.41, 5.74) is 0. The van der Waals surface area contributed by atoms with Crippen molar-refractivity contribution in [1.29, 1.82) is 0 Å². The molecule has 3 unspecified atom stereocenters. The number of carbonyl (C=O) groups excluding carboxylic acids is 1. The monoisotopic (exact) mass is 924 g/mol.